The van der Waals surface area contributed by atoms with E-state index in [1.165, 1.54) is 5.56 Å². The smallest absolute Gasteiger partial charge is 0.164 e. The molecular weight excluding hydrogens is 400 g/mol. The van der Waals surface area contributed by atoms with E-state index < -0.39 is 9.84 Å². The topological polar surface area (TPSA) is 49.7 Å². The van der Waals surface area contributed by atoms with Gasteiger partial charge in [0, 0.05) is 16.5 Å². The Kier molecular flexibility index (Phi) is 4.99. The maximum atomic E-state index is 12.2. The van der Waals surface area contributed by atoms with Crippen molar-refractivity contribution in [2.24, 2.45) is 4.99 Å². The molecular formula is C20H21ClN2O2S2. The van der Waals surface area contributed by atoms with Crippen LogP contribution < -0.4 is 4.90 Å². The molecule has 2 heterocycles. The van der Waals surface area contributed by atoms with Crippen molar-refractivity contribution >= 4 is 44.1 Å². The van der Waals surface area contributed by atoms with Gasteiger partial charge in [-0.05, 0) is 43.2 Å². The molecule has 4 nitrogen and oxygen atoms in total. The van der Waals surface area contributed by atoms with Gasteiger partial charge in [0.05, 0.1) is 23.6 Å². The molecule has 0 aromatic heterocycles. The Morgan fingerprint density at radius 1 is 1.19 bits per heavy atom. The molecule has 0 N–H and O–H groups in total. The van der Waals surface area contributed by atoms with Crippen molar-refractivity contribution in [3.8, 4) is 0 Å². The zero-order chi connectivity index (χ0) is 19.2. The number of sulfone groups is 1. The van der Waals surface area contributed by atoms with Crippen molar-refractivity contribution in [1.82, 2.24) is 0 Å². The lowest BCUT2D eigenvalue weighted by Crippen LogP contribution is -2.39. The summed E-state index contributed by atoms with van der Waals surface area (Å²) in [7, 11) is -3.04. The predicted molar refractivity (Wildman–Crippen MR) is 115 cm³/mol. The van der Waals surface area contributed by atoms with Gasteiger partial charge in [0.2, 0.25) is 0 Å². The number of fused-ring (bicyclic) bond motifs is 1. The fourth-order valence-corrected chi connectivity index (χ4v) is 6.88. The first-order chi connectivity index (χ1) is 12.8. The SMILES string of the molecule is Cc1ccc(N2C(SCc3cccc(Cl)c3)=N[C@@H]3CS(=O)(=O)C[C@@H]32)c(C)c1. The average Bonchev–Trinajstić information content (AvgIpc) is 3.05. The Labute approximate surface area is 169 Å². The fraction of sp³-hybridized carbons (Fsp3) is 0.350. The molecule has 1 fully saturated rings. The second kappa shape index (κ2) is 7.15. The van der Waals surface area contributed by atoms with Crippen molar-refractivity contribution < 1.29 is 8.42 Å². The molecule has 27 heavy (non-hydrogen) atoms. The number of halogens is 1. The monoisotopic (exact) mass is 420 g/mol. The number of benzene rings is 2. The van der Waals surface area contributed by atoms with Crippen LogP contribution in [0, 0.1) is 13.8 Å². The van der Waals surface area contributed by atoms with Gasteiger partial charge in [-0.2, -0.15) is 0 Å². The number of aliphatic imine (C=N–C) groups is 1. The van der Waals surface area contributed by atoms with Crippen LogP contribution in [0.4, 0.5) is 5.69 Å². The molecule has 142 valence electrons. The van der Waals surface area contributed by atoms with Gasteiger partial charge in [-0.1, -0.05) is 53.2 Å². The van der Waals surface area contributed by atoms with Crippen molar-refractivity contribution in [2.75, 3.05) is 16.4 Å². The molecule has 7 heteroatoms. The molecule has 0 saturated carbocycles. The highest BCUT2D eigenvalue weighted by Crippen LogP contribution is 2.37. The minimum absolute atomic E-state index is 0.113. The predicted octanol–water partition coefficient (Wildman–Crippen LogP) is 4.23. The Morgan fingerprint density at radius 2 is 2.00 bits per heavy atom. The fourth-order valence-electron chi connectivity index (χ4n) is 3.77. The summed E-state index contributed by atoms with van der Waals surface area (Å²) in [5, 5.41) is 1.61. The Morgan fingerprint density at radius 3 is 2.74 bits per heavy atom. The molecule has 0 spiro atoms. The van der Waals surface area contributed by atoms with Gasteiger partial charge in [0.25, 0.3) is 0 Å². The van der Waals surface area contributed by atoms with Crippen LogP contribution >= 0.6 is 23.4 Å². The van der Waals surface area contributed by atoms with E-state index in [2.05, 4.69) is 36.9 Å². The van der Waals surface area contributed by atoms with Crippen LogP contribution in [0.1, 0.15) is 16.7 Å². The van der Waals surface area contributed by atoms with Crippen molar-refractivity contribution in [1.29, 1.82) is 0 Å². The molecule has 0 amide bonds. The summed E-state index contributed by atoms with van der Waals surface area (Å²) in [6.45, 7) is 4.13. The molecule has 0 unspecified atom stereocenters. The number of nitrogens with zero attached hydrogens (tertiary/aromatic N) is 2. The molecule has 2 aromatic rings. The van der Waals surface area contributed by atoms with Gasteiger partial charge < -0.3 is 4.90 Å². The van der Waals surface area contributed by atoms with Crippen LogP contribution in [-0.2, 0) is 15.6 Å². The number of amidine groups is 1. The minimum Gasteiger partial charge on any atom is -0.315 e. The summed E-state index contributed by atoms with van der Waals surface area (Å²) in [5.41, 5.74) is 4.50. The highest BCUT2D eigenvalue weighted by atomic mass is 35.5. The van der Waals surface area contributed by atoms with E-state index in [9.17, 15) is 8.42 Å². The van der Waals surface area contributed by atoms with Crippen LogP contribution in [0.25, 0.3) is 0 Å². The molecule has 2 atom stereocenters. The lowest BCUT2D eigenvalue weighted by Gasteiger charge is -2.28. The lowest BCUT2D eigenvalue weighted by molar-refractivity contribution is 0.601. The zero-order valence-electron chi connectivity index (χ0n) is 15.2. The van der Waals surface area contributed by atoms with E-state index in [0.717, 1.165) is 32.8 Å². The quantitative estimate of drug-likeness (QED) is 0.745. The van der Waals surface area contributed by atoms with Gasteiger partial charge in [-0.15, -0.1) is 0 Å². The van der Waals surface area contributed by atoms with Crippen molar-refractivity contribution in [3.63, 3.8) is 0 Å². The lowest BCUT2D eigenvalue weighted by atomic mass is 10.1. The Bertz CT molecular complexity index is 1020. The van der Waals surface area contributed by atoms with Gasteiger partial charge in [0.1, 0.15) is 0 Å². The molecule has 2 aliphatic rings. The summed E-state index contributed by atoms with van der Waals surface area (Å²) < 4.78 is 24.3. The van der Waals surface area contributed by atoms with E-state index in [1.807, 2.05) is 24.3 Å². The van der Waals surface area contributed by atoms with Gasteiger partial charge in [-0.25, -0.2) is 8.42 Å². The third-order valence-corrected chi connectivity index (χ3v) is 7.95. The molecule has 2 aromatic carbocycles. The van der Waals surface area contributed by atoms with E-state index >= 15 is 0 Å². The number of hydrogen-bond acceptors (Lipinski definition) is 5. The van der Waals surface area contributed by atoms with Crippen LogP contribution in [0.15, 0.2) is 47.5 Å². The summed E-state index contributed by atoms with van der Waals surface area (Å²) in [6.07, 6.45) is 0. The van der Waals surface area contributed by atoms with Crippen LogP contribution in [0.5, 0.6) is 0 Å². The first-order valence-electron chi connectivity index (χ1n) is 8.84. The van der Waals surface area contributed by atoms with Crippen molar-refractivity contribution in [2.45, 2.75) is 31.7 Å². The molecule has 0 radical (unpaired) electrons. The number of hydrogen-bond donors (Lipinski definition) is 0. The number of thioether (sulfide) groups is 1. The zero-order valence-corrected chi connectivity index (χ0v) is 17.6. The second-order valence-corrected chi connectivity index (χ2v) is 10.7. The third-order valence-electron chi connectivity index (χ3n) is 4.98. The minimum atomic E-state index is -3.04. The van der Waals surface area contributed by atoms with Crippen molar-refractivity contribution in [3.05, 3.63) is 64.2 Å². The molecule has 0 bridgehead atoms. The third kappa shape index (κ3) is 3.89. The van der Waals surface area contributed by atoms with E-state index in [4.69, 9.17) is 16.6 Å². The normalized spacial score (nSPS) is 23.4. The Balaban J connectivity index is 1.65. The van der Waals surface area contributed by atoms with Crippen LogP contribution in [0.3, 0.4) is 0 Å². The van der Waals surface area contributed by atoms with E-state index in [-0.39, 0.29) is 23.6 Å². The van der Waals surface area contributed by atoms with Gasteiger partial charge in [-0.3, -0.25) is 4.99 Å². The molecule has 1 saturated heterocycles. The largest absolute Gasteiger partial charge is 0.315 e. The summed E-state index contributed by atoms with van der Waals surface area (Å²) in [5.74, 6) is 1.04. The van der Waals surface area contributed by atoms with Crippen LogP contribution in [-0.4, -0.2) is 37.2 Å². The first-order valence-corrected chi connectivity index (χ1v) is 12.0. The van der Waals surface area contributed by atoms with Gasteiger partial charge >= 0.3 is 0 Å². The number of anilines is 1. The second-order valence-electron chi connectivity index (χ2n) is 7.20. The van der Waals surface area contributed by atoms with Gasteiger partial charge in [0.15, 0.2) is 15.0 Å². The molecule has 4 rings (SSSR count). The summed E-state index contributed by atoms with van der Waals surface area (Å²) >= 11 is 7.73. The highest BCUT2D eigenvalue weighted by Gasteiger charge is 2.47. The molecule has 2 aliphatic heterocycles. The average molecular weight is 421 g/mol. The maximum absolute atomic E-state index is 12.2. The number of rotatable bonds is 3. The van der Waals surface area contributed by atoms with Crippen LogP contribution in [0.2, 0.25) is 5.02 Å². The summed E-state index contributed by atoms with van der Waals surface area (Å²) in [6, 6.07) is 13.8. The highest BCUT2D eigenvalue weighted by molar-refractivity contribution is 8.13. The first kappa shape index (κ1) is 18.8. The van der Waals surface area contributed by atoms with E-state index in [1.54, 1.807) is 11.8 Å². The maximum Gasteiger partial charge on any atom is 0.164 e. The standard InChI is InChI=1S/C20H21ClN2O2S2/c1-13-6-7-18(14(2)8-13)23-19-12-27(24,25)11-17(19)22-20(23)26-10-15-4-3-5-16(21)9-15/h3-9,17,19H,10-12H2,1-2H3/t17-,19+/m1/s1. The Hall–Kier alpha value is -1.50. The number of aryl methyl sites for hydroxylation is 2. The summed E-state index contributed by atoms with van der Waals surface area (Å²) in [4.78, 5) is 6.94. The van der Waals surface area contributed by atoms with E-state index in [0.29, 0.717) is 0 Å². The molecule has 0 aliphatic carbocycles.